The fourth-order valence-corrected chi connectivity index (χ4v) is 2.60. The van der Waals surface area contributed by atoms with Crippen LogP contribution in [-0.2, 0) is 4.79 Å². The van der Waals surface area contributed by atoms with E-state index in [1.165, 1.54) is 19.4 Å². The van der Waals surface area contributed by atoms with Crippen molar-refractivity contribution in [3.63, 3.8) is 0 Å². The minimum absolute atomic E-state index is 0. The van der Waals surface area contributed by atoms with E-state index in [2.05, 4.69) is 37.9 Å². The van der Waals surface area contributed by atoms with E-state index in [-0.39, 0.29) is 23.7 Å². The van der Waals surface area contributed by atoms with Gasteiger partial charge in [-0.25, -0.2) is 0 Å². The lowest BCUT2D eigenvalue weighted by Gasteiger charge is -2.37. The molecule has 3 nitrogen and oxygen atoms in total. The molecule has 20 heavy (non-hydrogen) atoms. The Morgan fingerprint density at radius 2 is 1.75 bits per heavy atom. The Kier molecular flexibility index (Phi) is 6.33. The van der Waals surface area contributed by atoms with Crippen LogP contribution >= 0.6 is 12.4 Å². The maximum Gasteiger partial charge on any atom is 0.225 e. The third-order valence-electron chi connectivity index (χ3n) is 4.87. The van der Waals surface area contributed by atoms with E-state index in [4.69, 9.17) is 0 Å². The molecule has 1 saturated heterocycles. The second-order valence-electron chi connectivity index (χ2n) is 7.54. The summed E-state index contributed by atoms with van der Waals surface area (Å²) in [7, 11) is 0. The van der Waals surface area contributed by atoms with Gasteiger partial charge in [-0.1, -0.05) is 27.7 Å². The van der Waals surface area contributed by atoms with Gasteiger partial charge in [0.25, 0.3) is 0 Å². The third kappa shape index (κ3) is 4.92. The van der Waals surface area contributed by atoms with Gasteiger partial charge in [-0.2, -0.15) is 0 Å². The molecule has 1 saturated carbocycles. The Bertz CT molecular complexity index is 315. The zero-order chi connectivity index (χ0) is 14.0. The molecule has 0 aromatic rings. The molecule has 1 aliphatic carbocycles. The zero-order valence-electron chi connectivity index (χ0n) is 13.4. The predicted molar refractivity (Wildman–Crippen MR) is 86.2 cm³/mol. The molecule has 1 aliphatic heterocycles. The summed E-state index contributed by atoms with van der Waals surface area (Å²) in [5, 5.41) is 3.66. The van der Waals surface area contributed by atoms with Gasteiger partial charge in [0.1, 0.15) is 0 Å². The minimum atomic E-state index is 0. The summed E-state index contributed by atoms with van der Waals surface area (Å²) in [6.07, 6.45) is 5.06. The van der Waals surface area contributed by atoms with E-state index in [9.17, 15) is 4.79 Å². The van der Waals surface area contributed by atoms with E-state index < -0.39 is 0 Å². The third-order valence-corrected chi connectivity index (χ3v) is 4.87. The van der Waals surface area contributed by atoms with Crippen LogP contribution in [0.15, 0.2) is 0 Å². The van der Waals surface area contributed by atoms with Gasteiger partial charge in [-0.05, 0) is 43.6 Å². The summed E-state index contributed by atoms with van der Waals surface area (Å²) in [6, 6.07) is 0.634. The molecule has 1 amide bonds. The fourth-order valence-electron chi connectivity index (χ4n) is 2.60. The van der Waals surface area contributed by atoms with Gasteiger partial charge in [0.05, 0.1) is 0 Å². The molecule has 0 radical (unpaired) electrons. The van der Waals surface area contributed by atoms with Crippen LogP contribution in [0, 0.1) is 17.3 Å². The number of nitrogens with zero attached hydrogens (tertiary/aromatic N) is 1. The van der Waals surface area contributed by atoms with Crippen molar-refractivity contribution in [2.24, 2.45) is 17.3 Å². The first-order chi connectivity index (χ1) is 8.88. The molecule has 2 rings (SSSR count). The minimum Gasteiger partial charge on any atom is -0.342 e. The fraction of sp³-hybridized carbons (Fsp3) is 0.938. The molecule has 2 aliphatic rings. The van der Waals surface area contributed by atoms with E-state index in [0.717, 1.165) is 31.8 Å². The summed E-state index contributed by atoms with van der Waals surface area (Å²) < 4.78 is 0. The van der Waals surface area contributed by atoms with E-state index in [1.54, 1.807) is 0 Å². The van der Waals surface area contributed by atoms with Gasteiger partial charge in [0.15, 0.2) is 0 Å². The molecule has 1 unspecified atom stereocenters. The van der Waals surface area contributed by atoms with Crippen LogP contribution < -0.4 is 5.32 Å². The van der Waals surface area contributed by atoms with Crippen LogP contribution in [0.1, 0.15) is 53.4 Å². The van der Waals surface area contributed by atoms with Crippen LogP contribution in [0.5, 0.6) is 0 Å². The number of nitrogens with one attached hydrogen (secondary N) is 1. The number of piperidine rings is 1. The highest BCUT2D eigenvalue weighted by Gasteiger charge is 2.32. The second-order valence-corrected chi connectivity index (χ2v) is 7.54. The van der Waals surface area contributed by atoms with Crippen LogP contribution in [0.25, 0.3) is 0 Å². The lowest BCUT2D eigenvalue weighted by Crippen LogP contribution is -2.48. The SMILES string of the molecule is CC(C(=O)N1CCC(NCC2CC2)CC1)C(C)(C)C.Cl. The summed E-state index contributed by atoms with van der Waals surface area (Å²) in [6.45, 7) is 11.6. The Labute approximate surface area is 130 Å². The molecule has 2 fully saturated rings. The van der Waals surface area contributed by atoms with Crippen LogP contribution in [0.2, 0.25) is 0 Å². The highest BCUT2D eigenvalue weighted by Crippen LogP contribution is 2.29. The summed E-state index contributed by atoms with van der Waals surface area (Å²) in [5.41, 5.74) is 0.0676. The number of hydrogen-bond donors (Lipinski definition) is 1. The topological polar surface area (TPSA) is 32.3 Å². The monoisotopic (exact) mass is 302 g/mol. The van der Waals surface area contributed by atoms with Gasteiger partial charge in [-0.15, -0.1) is 12.4 Å². The van der Waals surface area contributed by atoms with Crippen LogP contribution in [0.4, 0.5) is 0 Å². The molecule has 1 N–H and O–H groups in total. The molecule has 0 aromatic carbocycles. The van der Waals surface area contributed by atoms with E-state index in [1.807, 2.05) is 0 Å². The van der Waals surface area contributed by atoms with Crippen molar-refractivity contribution in [3.05, 3.63) is 0 Å². The van der Waals surface area contributed by atoms with Crippen LogP contribution in [0.3, 0.4) is 0 Å². The van der Waals surface area contributed by atoms with E-state index in [0.29, 0.717) is 11.9 Å². The average molecular weight is 303 g/mol. The Hall–Kier alpha value is -0.280. The highest BCUT2D eigenvalue weighted by molar-refractivity contribution is 5.85. The molecule has 118 valence electrons. The summed E-state index contributed by atoms with van der Waals surface area (Å²) >= 11 is 0. The smallest absolute Gasteiger partial charge is 0.225 e. The number of hydrogen-bond acceptors (Lipinski definition) is 2. The molecular formula is C16H31ClN2O. The van der Waals surface area contributed by atoms with Crippen molar-refractivity contribution in [1.29, 1.82) is 0 Å². The molecule has 0 bridgehead atoms. The van der Waals surface area contributed by atoms with Crippen molar-refractivity contribution >= 4 is 18.3 Å². The Morgan fingerprint density at radius 3 is 2.20 bits per heavy atom. The quantitative estimate of drug-likeness (QED) is 0.865. The normalized spacial score (nSPS) is 22.3. The highest BCUT2D eigenvalue weighted by atomic mass is 35.5. The number of rotatable bonds is 4. The molecule has 0 spiro atoms. The Balaban J connectivity index is 0.00000200. The summed E-state index contributed by atoms with van der Waals surface area (Å²) in [5.74, 6) is 1.40. The standard InChI is InChI=1S/C16H30N2O.ClH/c1-12(16(2,3)4)15(19)18-9-7-14(8-10-18)17-11-13-5-6-13;/h12-14,17H,5-11H2,1-4H3;1H. The first kappa shape index (κ1) is 17.8. The van der Waals surface area contributed by atoms with Gasteiger partial charge in [-0.3, -0.25) is 4.79 Å². The lowest BCUT2D eigenvalue weighted by atomic mass is 9.81. The molecule has 1 heterocycles. The lowest BCUT2D eigenvalue weighted by molar-refractivity contribution is -0.139. The van der Waals surface area contributed by atoms with Crippen LogP contribution in [-0.4, -0.2) is 36.5 Å². The van der Waals surface area contributed by atoms with Crippen molar-refractivity contribution in [2.45, 2.75) is 59.4 Å². The molecular weight excluding hydrogens is 272 g/mol. The van der Waals surface area contributed by atoms with E-state index >= 15 is 0 Å². The number of likely N-dealkylation sites (tertiary alicyclic amines) is 1. The van der Waals surface area contributed by atoms with Gasteiger partial charge in [0, 0.05) is 25.0 Å². The number of halogens is 1. The number of carbonyl (C=O) groups is 1. The maximum atomic E-state index is 12.4. The van der Waals surface area contributed by atoms with Crippen molar-refractivity contribution in [3.8, 4) is 0 Å². The first-order valence-electron chi connectivity index (χ1n) is 7.90. The summed E-state index contributed by atoms with van der Waals surface area (Å²) in [4.78, 5) is 14.5. The van der Waals surface area contributed by atoms with Crippen molar-refractivity contribution < 1.29 is 4.79 Å². The predicted octanol–water partition coefficient (Wildman–Crippen LogP) is 3.08. The number of carbonyl (C=O) groups excluding carboxylic acids is 1. The molecule has 1 atom stereocenters. The Morgan fingerprint density at radius 1 is 1.20 bits per heavy atom. The van der Waals surface area contributed by atoms with Gasteiger partial charge in [0.2, 0.25) is 5.91 Å². The largest absolute Gasteiger partial charge is 0.342 e. The molecule has 4 heteroatoms. The number of amides is 1. The average Bonchev–Trinajstić information content (AvgIpc) is 3.18. The van der Waals surface area contributed by atoms with Crippen molar-refractivity contribution in [1.82, 2.24) is 10.2 Å². The maximum absolute atomic E-state index is 12.4. The second kappa shape index (κ2) is 7.13. The first-order valence-corrected chi connectivity index (χ1v) is 7.90. The van der Waals surface area contributed by atoms with Gasteiger partial charge < -0.3 is 10.2 Å². The van der Waals surface area contributed by atoms with Crippen molar-refractivity contribution in [2.75, 3.05) is 19.6 Å². The van der Waals surface area contributed by atoms with Gasteiger partial charge >= 0.3 is 0 Å². The zero-order valence-corrected chi connectivity index (χ0v) is 14.3. The molecule has 0 aromatic heterocycles.